The Morgan fingerprint density at radius 1 is 0.786 bits per heavy atom. The van der Waals surface area contributed by atoms with E-state index in [1.54, 1.807) is 28.9 Å². The van der Waals surface area contributed by atoms with Gasteiger partial charge in [-0.15, -0.1) is 5.10 Å². The Kier molecular flexibility index (Phi) is 12.5. The van der Waals surface area contributed by atoms with E-state index in [9.17, 15) is 19.8 Å². The Labute approximate surface area is 328 Å². The Bertz CT molecular complexity index is 2190. The van der Waals surface area contributed by atoms with Crippen molar-refractivity contribution in [3.05, 3.63) is 167 Å². The second-order valence-electron chi connectivity index (χ2n) is 13.5. The summed E-state index contributed by atoms with van der Waals surface area (Å²) in [6.07, 6.45) is -1.12. The number of carbonyl (C=O) groups excluding carboxylic acids is 2. The highest BCUT2D eigenvalue weighted by atomic mass is 32.2. The number of benzene rings is 5. The van der Waals surface area contributed by atoms with Crippen LogP contribution in [0.2, 0.25) is 0 Å². The lowest BCUT2D eigenvalue weighted by molar-refractivity contribution is -0.255. The van der Waals surface area contributed by atoms with Gasteiger partial charge in [-0.1, -0.05) is 121 Å². The van der Waals surface area contributed by atoms with E-state index in [1.165, 1.54) is 18.7 Å². The first kappa shape index (κ1) is 38.4. The first-order chi connectivity index (χ1) is 27.3. The molecule has 5 unspecified atom stereocenters. The standard InChI is InChI=1S/C43H42N6O6S/c1-28(51)37(24-29-8-4-2-5-9-29)45-42(53)44-25-30-12-18-34(19-13-30)41-54-38(27-56-43-46-47-48-49(43)35-20-22-36(52)23-21-35)39(32-10-6-3-7-11-32)40(55-41)33-16-14-31(26-50)15-17-33/h2-23,37-41,50,52H,24-27H2,1H3,(H2,44,45,53). The highest BCUT2D eigenvalue weighted by molar-refractivity contribution is 7.99. The SMILES string of the molecule is CC(=O)C(Cc1ccccc1)NC(=O)NCc1ccc(C2OC(CSc3nnnn3-c3ccc(O)cc3)C(c3ccccc3)C(c3ccc(CO)cc3)O2)cc1. The number of hydrogen-bond acceptors (Lipinski definition) is 10. The summed E-state index contributed by atoms with van der Waals surface area (Å²) in [6, 6.07) is 40.8. The molecule has 1 aliphatic heterocycles. The van der Waals surface area contributed by atoms with Crippen LogP contribution in [0.25, 0.3) is 5.69 Å². The van der Waals surface area contributed by atoms with Crippen LogP contribution >= 0.6 is 11.8 Å². The predicted octanol–water partition coefficient (Wildman–Crippen LogP) is 6.59. The predicted molar refractivity (Wildman–Crippen MR) is 211 cm³/mol. The number of aliphatic hydroxyl groups excluding tert-OH is 1. The van der Waals surface area contributed by atoms with E-state index in [0.29, 0.717) is 23.0 Å². The fourth-order valence-electron chi connectivity index (χ4n) is 6.66. The minimum absolute atomic E-state index is 0.0669. The number of aliphatic hydroxyl groups is 1. The van der Waals surface area contributed by atoms with Gasteiger partial charge >= 0.3 is 6.03 Å². The van der Waals surface area contributed by atoms with E-state index in [0.717, 1.165) is 33.4 Å². The Balaban J connectivity index is 1.10. The molecule has 1 aliphatic rings. The highest BCUT2D eigenvalue weighted by Crippen LogP contribution is 2.48. The van der Waals surface area contributed by atoms with Crippen molar-refractivity contribution in [2.24, 2.45) is 0 Å². The van der Waals surface area contributed by atoms with Crippen molar-refractivity contribution in [3.63, 3.8) is 0 Å². The van der Waals surface area contributed by atoms with E-state index < -0.39 is 24.5 Å². The summed E-state index contributed by atoms with van der Waals surface area (Å²) in [6.45, 7) is 1.66. The molecule has 13 heteroatoms. The zero-order valence-electron chi connectivity index (χ0n) is 30.6. The third-order valence-electron chi connectivity index (χ3n) is 9.67. The number of Topliss-reactive ketones (excluding diaryl/α,β-unsaturated/α-hetero) is 1. The van der Waals surface area contributed by atoms with Gasteiger partial charge in [0.05, 0.1) is 30.5 Å². The molecule has 1 fully saturated rings. The van der Waals surface area contributed by atoms with Crippen LogP contribution in [0.4, 0.5) is 4.79 Å². The number of aromatic hydroxyl groups is 1. The number of nitrogens with zero attached hydrogens (tertiary/aromatic N) is 4. The lowest BCUT2D eigenvalue weighted by Gasteiger charge is -2.43. The number of phenols is 1. The minimum Gasteiger partial charge on any atom is -0.508 e. The number of nitrogens with one attached hydrogen (secondary N) is 2. The normalized spacial score (nSPS) is 18.5. The molecule has 0 aliphatic carbocycles. The summed E-state index contributed by atoms with van der Waals surface area (Å²) in [4.78, 5) is 25.1. The summed E-state index contributed by atoms with van der Waals surface area (Å²) in [7, 11) is 0. The van der Waals surface area contributed by atoms with E-state index in [2.05, 4.69) is 38.3 Å². The Morgan fingerprint density at radius 3 is 2.12 bits per heavy atom. The van der Waals surface area contributed by atoms with Crippen molar-refractivity contribution in [1.82, 2.24) is 30.8 Å². The first-order valence-corrected chi connectivity index (χ1v) is 19.3. The maximum absolute atomic E-state index is 12.8. The van der Waals surface area contributed by atoms with Gasteiger partial charge in [0.25, 0.3) is 0 Å². The van der Waals surface area contributed by atoms with Crippen molar-refractivity contribution in [1.29, 1.82) is 0 Å². The fraction of sp³-hybridized carbons (Fsp3) is 0.233. The number of ketones is 1. The lowest BCUT2D eigenvalue weighted by Crippen LogP contribution is -2.46. The van der Waals surface area contributed by atoms with Crippen molar-refractivity contribution >= 4 is 23.6 Å². The van der Waals surface area contributed by atoms with Gasteiger partial charge in [-0.2, -0.15) is 4.68 Å². The second kappa shape index (κ2) is 18.2. The van der Waals surface area contributed by atoms with Gasteiger partial charge in [0, 0.05) is 23.8 Å². The van der Waals surface area contributed by atoms with Crippen LogP contribution in [0.3, 0.4) is 0 Å². The molecule has 286 valence electrons. The summed E-state index contributed by atoms with van der Waals surface area (Å²) in [5, 5.41) is 38.2. The number of rotatable bonds is 14. The number of phenolic OH excluding ortho intramolecular Hbond substituents is 1. The van der Waals surface area contributed by atoms with Crippen molar-refractivity contribution < 1.29 is 29.3 Å². The molecule has 1 aromatic heterocycles. The highest BCUT2D eigenvalue weighted by Gasteiger charge is 2.42. The van der Waals surface area contributed by atoms with Crippen LogP contribution < -0.4 is 10.6 Å². The summed E-state index contributed by atoms with van der Waals surface area (Å²) in [5.41, 5.74) is 6.11. The molecule has 6 aromatic rings. The smallest absolute Gasteiger partial charge is 0.315 e. The van der Waals surface area contributed by atoms with E-state index in [-0.39, 0.29) is 36.7 Å². The van der Waals surface area contributed by atoms with Crippen LogP contribution in [-0.2, 0) is 33.8 Å². The van der Waals surface area contributed by atoms with Crippen LogP contribution in [0, 0.1) is 0 Å². The maximum atomic E-state index is 12.8. The van der Waals surface area contributed by atoms with Crippen molar-refractivity contribution in [3.8, 4) is 11.4 Å². The molecule has 1 saturated heterocycles. The number of ether oxygens (including phenoxy) is 2. The zero-order valence-corrected chi connectivity index (χ0v) is 31.5. The average Bonchev–Trinajstić information content (AvgIpc) is 3.71. The molecule has 7 rings (SSSR count). The molecule has 12 nitrogen and oxygen atoms in total. The van der Waals surface area contributed by atoms with Gasteiger partial charge in [-0.25, -0.2) is 4.79 Å². The van der Waals surface area contributed by atoms with Gasteiger partial charge in [-0.3, -0.25) is 4.79 Å². The van der Waals surface area contributed by atoms with Crippen LogP contribution in [0.1, 0.15) is 58.6 Å². The zero-order chi connectivity index (χ0) is 38.9. The molecular formula is C43H42N6O6S. The summed E-state index contributed by atoms with van der Waals surface area (Å²) >= 11 is 1.46. The number of carbonyl (C=O) groups is 2. The van der Waals surface area contributed by atoms with Gasteiger partial charge in [-0.05, 0) is 75.9 Å². The van der Waals surface area contributed by atoms with Crippen LogP contribution in [0.5, 0.6) is 5.75 Å². The molecule has 0 radical (unpaired) electrons. The lowest BCUT2D eigenvalue weighted by atomic mass is 9.84. The Morgan fingerprint density at radius 2 is 1.45 bits per heavy atom. The molecule has 0 spiro atoms. The third-order valence-corrected chi connectivity index (χ3v) is 10.7. The van der Waals surface area contributed by atoms with Crippen LogP contribution in [-0.4, -0.2) is 60.1 Å². The monoisotopic (exact) mass is 770 g/mol. The molecular weight excluding hydrogens is 729 g/mol. The molecule has 0 bridgehead atoms. The maximum Gasteiger partial charge on any atom is 0.315 e. The molecule has 5 aromatic carbocycles. The molecule has 5 atom stereocenters. The number of amides is 2. The largest absolute Gasteiger partial charge is 0.508 e. The number of urea groups is 1. The molecule has 0 saturated carbocycles. The topological polar surface area (TPSA) is 161 Å². The molecule has 4 N–H and O–H groups in total. The molecule has 56 heavy (non-hydrogen) atoms. The summed E-state index contributed by atoms with van der Waals surface area (Å²) in [5.74, 6) is 0.283. The average molecular weight is 771 g/mol. The number of aromatic nitrogens is 4. The Hall–Kier alpha value is -5.86. The van der Waals surface area contributed by atoms with Gasteiger partial charge < -0.3 is 30.3 Å². The van der Waals surface area contributed by atoms with Crippen molar-refractivity contribution in [2.45, 2.75) is 62.1 Å². The minimum atomic E-state index is -0.740. The number of hydrogen-bond donors (Lipinski definition) is 4. The first-order valence-electron chi connectivity index (χ1n) is 18.3. The van der Waals surface area contributed by atoms with Gasteiger partial charge in [0.15, 0.2) is 12.1 Å². The van der Waals surface area contributed by atoms with E-state index in [4.69, 9.17) is 9.47 Å². The number of thioether (sulfide) groups is 1. The number of tetrazole rings is 1. The van der Waals surface area contributed by atoms with E-state index in [1.807, 2.05) is 97.1 Å². The van der Waals surface area contributed by atoms with E-state index >= 15 is 0 Å². The quantitative estimate of drug-likeness (QED) is 0.0890. The fourth-order valence-corrected chi connectivity index (χ4v) is 7.62. The third kappa shape index (κ3) is 9.50. The van der Waals surface area contributed by atoms with Crippen LogP contribution in [0.15, 0.2) is 139 Å². The van der Waals surface area contributed by atoms with Gasteiger partial charge in [0.1, 0.15) is 5.75 Å². The molecule has 2 heterocycles. The van der Waals surface area contributed by atoms with Gasteiger partial charge in [0.2, 0.25) is 5.16 Å². The summed E-state index contributed by atoms with van der Waals surface area (Å²) < 4.78 is 15.3. The van der Waals surface area contributed by atoms with Crippen molar-refractivity contribution in [2.75, 3.05) is 5.75 Å². The second-order valence-corrected chi connectivity index (χ2v) is 14.5. The molecule has 2 amide bonds.